The van der Waals surface area contributed by atoms with Crippen LogP contribution in [0.4, 0.5) is 16.2 Å². The topological polar surface area (TPSA) is 70.4 Å². The van der Waals surface area contributed by atoms with Gasteiger partial charge in [0.1, 0.15) is 0 Å². The van der Waals surface area contributed by atoms with Crippen molar-refractivity contribution in [2.75, 3.05) is 16.8 Å². The Kier molecular flexibility index (Phi) is 2.85. The zero-order valence-corrected chi connectivity index (χ0v) is 12.4. The van der Waals surface area contributed by atoms with Gasteiger partial charge in [-0.2, -0.15) is 5.10 Å². The average molecular weight is 298 g/mol. The molecule has 4 rings (SSSR count). The Morgan fingerprint density at radius 1 is 1.36 bits per heavy atom. The third kappa shape index (κ3) is 2.20. The summed E-state index contributed by atoms with van der Waals surface area (Å²) in [6.07, 6.45) is 5.37. The molecule has 2 N–H and O–H groups in total. The molecule has 0 spiro atoms. The number of aromatic nitrogens is 2. The Bertz CT molecular complexity index is 735. The van der Waals surface area contributed by atoms with Gasteiger partial charge in [0, 0.05) is 24.3 Å². The number of carbonyl (C=O) groups is 1. The van der Waals surface area contributed by atoms with E-state index >= 15 is 0 Å². The molecule has 1 atom stereocenters. The first kappa shape index (κ1) is 13.2. The van der Waals surface area contributed by atoms with Crippen LogP contribution >= 0.6 is 0 Å². The molecule has 0 radical (unpaired) electrons. The smallest absolute Gasteiger partial charge is 0.411 e. The summed E-state index contributed by atoms with van der Waals surface area (Å²) in [6, 6.07) is 6.54. The lowest BCUT2D eigenvalue weighted by molar-refractivity contribution is 0.201. The van der Waals surface area contributed by atoms with Crippen molar-refractivity contribution in [2.45, 2.75) is 31.8 Å². The second-order valence-electron chi connectivity index (χ2n) is 6.11. The number of benzene rings is 1. The highest BCUT2D eigenvalue weighted by molar-refractivity contribution is 5.94. The maximum atomic E-state index is 11.5. The van der Waals surface area contributed by atoms with Gasteiger partial charge >= 0.3 is 6.09 Å². The number of hydrogen-bond acceptors (Lipinski definition) is 3. The van der Waals surface area contributed by atoms with E-state index in [9.17, 15) is 9.90 Å². The zero-order chi connectivity index (χ0) is 15.3. The minimum absolute atomic E-state index is 0.104. The first-order chi connectivity index (χ1) is 10.6. The number of nitrogens with zero attached hydrogens (tertiary/aromatic N) is 3. The molecule has 1 aromatic carbocycles. The van der Waals surface area contributed by atoms with Crippen LogP contribution in [0, 0.1) is 0 Å². The van der Waals surface area contributed by atoms with Crippen molar-refractivity contribution in [3.63, 3.8) is 0 Å². The SMILES string of the molecule is CC1CN(C(=O)O)c2cc(-c3cnn(C4CC4)c3)ccc2N1. The Labute approximate surface area is 128 Å². The molecule has 114 valence electrons. The first-order valence-corrected chi connectivity index (χ1v) is 7.57. The van der Waals surface area contributed by atoms with E-state index in [0.717, 1.165) is 16.8 Å². The fraction of sp³-hybridized carbons (Fsp3) is 0.375. The lowest BCUT2D eigenvalue weighted by Crippen LogP contribution is -2.42. The summed E-state index contributed by atoms with van der Waals surface area (Å²) in [5.41, 5.74) is 3.59. The zero-order valence-electron chi connectivity index (χ0n) is 12.4. The van der Waals surface area contributed by atoms with E-state index in [1.807, 2.05) is 42.2 Å². The molecular weight excluding hydrogens is 280 g/mol. The summed E-state index contributed by atoms with van der Waals surface area (Å²) in [7, 11) is 0. The Morgan fingerprint density at radius 3 is 2.91 bits per heavy atom. The van der Waals surface area contributed by atoms with Crippen LogP contribution in [0.25, 0.3) is 11.1 Å². The number of carboxylic acid groups (broad SMARTS) is 1. The predicted molar refractivity (Wildman–Crippen MR) is 84.4 cm³/mol. The Morgan fingerprint density at radius 2 is 2.18 bits per heavy atom. The van der Waals surface area contributed by atoms with Crippen molar-refractivity contribution >= 4 is 17.5 Å². The van der Waals surface area contributed by atoms with E-state index < -0.39 is 6.09 Å². The molecule has 2 aromatic rings. The Hall–Kier alpha value is -2.50. The highest BCUT2D eigenvalue weighted by Gasteiger charge is 2.27. The standard InChI is InChI=1S/C16H18N4O2/c1-10-8-19(16(21)22)15-6-11(2-5-14(15)18-10)12-7-17-20(9-12)13-3-4-13/h2,5-7,9-10,13,18H,3-4,8H2,1H3,(H,21,22). The fourth-order valence-electron chi connectivity index (χ4n) is 2.95. The first-order valence-electron chi connectivity index (χ1n) is 7.57. The van der Waals surface area contributed by atoms with Crippen molar-refractivity contribution in [1.29, 1.82) is 0 Å². The van der Waals surface area contributed by atoms with Crippen molar-refractivity contribution in [3.05, 3.63) is 30.6 Å². The molecule has 2 aliphatic rings. The molecule has 6 heteroatoms. The van der Waals surface area contributed by atoms with Gasteiger partial charge < -0.3 is 10.4 Å². The van der Waals surface area contributed by atoms with Gasteiger partial charge in [-0.05, 0) is 37.5 Å². The molecule has 22 heavy (non-hydrogen) atoms. The fourth-order valence-corrected chi connectivity index (χ4v) is 2.95. The van der Waals surface area contributed by atoms with Crippen LogP contribution in [0.5, 0.6) is 0 Å². The van der Waals surface area contributed by atoms with Gasteiger partial charge in [-0.3, -0.25) is 9.58 Å². The van der Waals surface area contributed by atoms with Crippen LogP contribution in [0.15, 0.2) is 30.6 Å². The number of anilines is 2. The molecule has 1 aliphatic carbocycles. The molecular formula is C16H18N4O2. The van der Waals surface area contributed by atoms with Crippen LogP contribution in [-0.4, -0.2) is 33.6 Å². The summed E-state index contributed by atoms with van der Waals surface area (Å²) in [6.45, 7) is 2.43. The molecule has 1 amide bonds. The highest BCUT2D eigenvalue weighted by Crippen LogP contribution is 2.37. The molecule has 1 aliphatic heterocycles. The maximum absolute atomic E-state index is 11.5. The summed E-state index contributed by atoms with van der Waals surface area (Å²) in [4.78, 5) is 12.9. The van der Waals surface area contributed by atoms with Gasteiger partial charge in [0.05, 0.1) is 23.6 Å². The normalized spacial score (nSPS) is 20.4. The van der Waals surface area contributed by atoms with Gasteiger partial charge in [0.15, 0.2) is 0 Å². The molecule has 1 aromatic heterocycles. The molecule has 1 fully saturated rings. The predicted octanol–water partition coefficient (Wildman–Crippen LogP) is 3.18. The molecule has 1 saturated carbocycles. The highest BCUT2D eigenvalue weighted by atomic mass is 16.4. The number of rotatable bonds is 2. The van der Waals surface area contributed by atoms with Crippen LogP contribution in [-0.2, 0) is 0 Å². The van der Waals surface area contributed by atoms with Gasteiger partial charge in [0.2, 0.25) is 0 Å². The largest absolute Gasteiger partial charge is 0.465 e. The molecule has 6 nitrogen and oxygen atoms in total. The van der Waals surface area contributed by atoms with Crippen molar-refractivity contribution in [2.24, 2.45) is 0 Å². The minimum atomic E-state index is -0.916. The average Bonchev–Trinajstić information content (AvgIpc) is 3.23. The number of amides is 1. The maximum Gasteiger partial charge on any atom is 0.411 e. The van der Waals surface area contributed by atoms with Crippen molar-refractivity contribution in [3.8, 4) is 11.1 Å². The number of hydrogen-bond donors (Lipinski definition) is 2. The minimum Gasteiger partial charge on any atom is -0.465 e. The third-order valence-electron chi connectivity index (χ3n) is 4.23. The molecule has 2 heterocycles. The van der Waals surface area contributed by atoms with Crippen LogP contribution in [0.1, 0.15) is 25.8 Å². The summed E-state index contributed by atoms with van der Waals surface area (Å²) >= 11 is 0. The molecule has 0 saturated heterocycles. The van der Waals surface area contributed by atoms with Crippen LogP contribution in [0.3, 0.4) is 0 Å². The van der Waals surface area contributed by atoms with E-state index in [0.29, 0.717) is 18.3 Å². The molecule has 1 unspecified atom stereocenters. The van der Waals surface area contributed by atoms with Crippen LogP contribution < -0.4 is 10.2 Å². The van der Waals surface area contributed by atoms with Gasteiger partial charge in [-0.15, -0.1) is 0 Å². The third-order valence-corrected chi connectivity index (χ3v) is 4.23. The van der Waals surface area contributed by atoms with Gasteiger partial charge in [-0.25, -0.2) is 4.79 Å². The summed E-state index contributed by atoms with van der Waals surface area (Å²) in [5, 5.41) is 17.2. The Balaban J connectivity index is 1.72. The number of nitrogens with one attached hydrogen (secondary N) is 1. The van der Waals surface area contributed by atoms with E-state index in [2.05, 4.69) is 10.4 Å². The molecule has 0 bridgehead atoms. The number of fused-ring (bicyclic) bond motifs is 1. The van der Waals surface area contributed by atoms with Crippen molar-refractivity contribution in [1.82, 2.24) is 9.78 Å². The van der Waals surface area contributed by atoms with Gasteiger partial charge in [0.25, 0.3) is 0 Å². The van der Waals surface area contributed by atoms with E-state index in [4.69, 9.17) is 0 Å². The lowest BCUT2D eigenvalue weighted by atomic mass is 10.0. The van der Waals surface area contributed by atoms with E-state index in [1.54, 1.807) is 0 Å². The lowest BCUT2D eigenvalue weighted by Gasteiger charge is -2.32. The van der Waals surface area contributed by atoms with E-state index in [1.165, 1.54) is 17.7 Å². The van der Waals surface area contributed by atoms with Crippen LogP contribution in [0.2, 0.25) is 0 Å². The quantitative estimate of drug-likeness (QED) is 0.893. The van der Waals surface area contributed by atoms with E-state index in [-0.39, 0.29) is 6.04 Å². The summed E-state index contributed by atoms with van der Waals surface area (Å²) < 4.78 is 2.00. The second kappa shape index (κ2) is 4.76. The monoisotopic (exact) mass is 298 g/mol. The summed E-state index contributed by atoms with van der Waals surface area (Å²) in [5.74, 6) is 0. The van der Waals surface area contributed by atoms with Crippen molar-refractivity contribution < 1.29 is 9.90 Å². The second-order valence-corrected chi connectivity index (χ2v) is 6.11. The van der Waals surface area contributed by atoms with Gasteiger partial charge in [-0.1, -0.05) is 6.07 Å².